The number of nitrogens with zero attached hydrogens (tertiary/aromatic N) is 1. The quantitative estimate of drug-likeness (QED) is 0.781. The van der Waals surface area contributed by atoms with Gasteiger partial charge in [-0.15, -0.1) is 11.3 Å². The number of carbonyl (C=O) groups is 1. The third-order valence-corrected chi connectivity index (χ3v) is 3.10. The van der Waals surface area contributed by atoms with Crippen molar-refractivity contribution in [2.24, 2.45) is 5.73 Å². The van der Waals surface area contributed by atoms with Crippen molar-refractivity contribution in [3.05, 3.63) is 16.1 Å². The molecule has 0 aliphatic heterocycles. The van der Waals surface area contributed by atoms with Crippen LogP contribution in [0.15, 0.2) is 6.20 Å². The second-order valence-corrected chi connectivity index (χ2v) is 4.79. The van der Waals surface area contributed by atoms with Crippen molar-refractivity contribution < 1.29 is 4.79 Å². The lowest BCUT2D eigenvalue weighted by Crippen LogP contribution is -2.42. The van der Waals surface area contributed by atoms with E-state index < -0.39 is 0 Å². The Kier molecular flexibility index (Phi) is 4.16. The molecule has 0 aliphatic carbocycles. The monoisotopic (exact) mass is 243 g/mol. The van der Waals surface area contributed by atoms with E-state index in [9.17, 15) is 4.79 Å². The predicted octanol–water partition coefficient (Wildman–Crippen LogP) is 1.25. The summed E-state index contributed by atoms with van der Waals surface area (Å²) in [6, 6.07) is -0.241. The van der Waals surface area contributed by atoms with Gasteiger partial charge in [0.2, 0.25) is 0 Å². The molecule has 0 aromatic carbocycles. The van der Waals surface area contributed by atoms with Crippen molar-refractivity contribution in [1.29, 1.82) is 0 Å². The van der Waals surface area contributed by atoms with Crippen LogP contribution in [0.1, 0.15) is 28.0 Å². The smallest absolute Gasteiger partial charge is 0.263 e. The van der Waals surface area contributed by atoms with Crippen LogP contribution < -0.4 is 11.1 Å². The van der Waals surface area contributed by atoms with Gasteiger partial charge in [0.15, 0.2) is 0 Å². The summed E-state index contributed by atoms with van der Waals surface area (Å²) < 4.78 is 0. The maximum absolute atomic E-state index is 11.7. The summed E-state index contributed by atoms with van der Waals surface area (Å²) in [5.74, 6) is -0.166. The summed E-state index contributed by atoms with van der Waals surface area (Å²) in [4.78, 5) is 16.6. The number of hydrogen-bond acceptors (Lipinski definition) is 4. The van der Waals surface area contributed by atoms with Gasteiger partial charge in [0.1, 0.15) is 4.88 Å². The topological polar surface area (TPSA) is 68.0 Å². The lowest BCUT2D eigenvalue weighted by molar-refractivity contribution is 0.0950. The summed E-state index contributed by atoms with van der Waals surface area (Å²) in [5, 5.41) is 3.63. The molecule has 1 heterocycles. The van der Waals surface area contributed by atoms with Crippen LogP contribution in [0.2, 0.25) is 0 Å². The van der Waals surface area contributed by atoms with Crippen molar-refractivity contribution in [3.63, 3.8) is 0 Å². The van der Waals surface area contributed by atoms with Crippen LogP contribution in [-0.2, 0) is 0 Å². The molecule has 0 radical (unpaired) electrons. The Bertz CT molecular complexity index is 375. The van der Waals surface area contributed by atoms with Crippen LogP contribution >= 0.6 is 23.6 Å². The highest BCUT2D eigenvalue weighted by molar-refractivity contribution is 7.80. The van der Waals surface area contributed by atoms with E-state index in [2.05, 4.69) is 10.3 Å². The van der Waals surface area contributed by atoms with Crippen LogP contribution in [-0.4, -0.2) is 21.9 Å². The number of rotatable bonds is 4. The number of hydrogen-bond donors (Lipinski definition) is 2. The number of amides is 1. The van der Waals surface area contributed by atoms with E-state index in [1.165, 1.54) is 11.3 Å². The Morgan fingerprint density at radius 3 is 2.87 bits per heavy atom. The van der Waals surface area contributed by atoms with E-state index in [0.29, 0.717) is 16.3 Å². The molecule has 0 spiro atoms. The molecule has 0 bridgehead atoms. The number of aryl methyl sites for hydroxylation is 1. The maximum Gasteiger partial charge on any atom is 0.263 e. The number of thiocarbonyl (C=S) groups is 1. The average molecular weight is 243 g/mol. The van der Waals surface area contributed by atoms with Crippen molar-refractivity contribution in [2.45, 2.75) is 26.3 Å². The minimum absolute atomic E-state index is 0.166. The second kappa shape index (κ2) is 5.18. The highest BCUT2D eigenvalue weighted by atomic mass is 32.1. The second-order valence-electron chi connectivity index (χ2n) is 3.08. The Balaban J connectivity index is 2.66. The minimum atomic E-state index is -0.241. The van der Waals surface area contributed by atoms with Gasteiger partial charge in [-0.25, -0.2) is 4.98 Å². The van der Waals surface area contributed by atoms with Gasteiger partial charge in [-0.3, -0.25) is 4.79 Å². The molecule has 82 valence electrons. The van der Waals surface area contributed by atoms with Gasteiger partial charge in [0, 0.05) is 0 Å². The van der Waals surface area contributed by atoms with Crippen molar-refractivity contribution in [3.8, 4) is 0 Å². The fourth-order valence-corrected chi connectivity index (χ4v) is 1.98. The lowest BCUT2D eigenvalue weighted by Gasteiger charge is -2.14. The van der Waals surface area contributed by atoms with E-state index in [0.717, 1.165) is 5.01 Å². The van der Waals surface area contributed by atoms with Crippen LogP contribution in [0.4, 0.5) is 0 Å². The van der Waals surface area contributed by atoms with Crippen LogP contribution in [0, 0.1) is 6.92 Å². The molecule has 1 unspecified atom stereocenters. The molecular weight excluding hydrogens is 230 g/mol. The maximum atomic E-state index is 11.7. The molecule has 0 aliphatic rings. The van der Waals surface area contributed by atoms with Gasteiger partial charge in [-0.2, -0.15) is 0 Å². The average Bonchev–Trinajstić information content (AvgIpc) is 2.60. The first-order chi connectivity index (χ1) is 7.04. The molecule has 1 aromatic rings. The molecule has 0 fully saturated rings. The Labute approximate surface area is 97.9 Å². The largest absolute Gasteiger partial charge is 0.392 e. The minimum Gasteiger partial charge on any atom is -0.392 e. The van der Waals surface area contributed by atoms with E-state index >= 15 is 0 Å². The van der Waals surface area contributed by atoms with E-state index in [1.807, 2.05) is 13.8 Å². The highest BCUT2D eigenvalue weighted by Gasteiger charge is 2.15. The van der Waals surface area contributed by atoms with Crippen molar-refractivity contribution >= 4 is 34.5 Å². The number of nitrogens with one attached hydrogen (secondary N) is 1. The molecule has 1 amide bonds. The third-order valence-electron chi connectivity index (χ3n) is 1.90. The van der Waals surface area contributed by atoms with Crippen molar-refractivity contribution in [2.75, 3.05) is 0 Å². The van der Waals surface area contributed by atoms with Gasteiger partial charge in [-0.05, 0) is 13.3 Å². The van der Waals surface area contributed by atoms with Crippen LogP contribution in [0.25, 0.3) is 0 Å². The zero-order valence-electron chi connectivity index (χ0n) is 8.61. The molecule has 0 saturated carbocycles. The molecule has 0 saturated heterocycles. The number of aromatic nitrogens is 1. The molecule has 15 heavy (non-hydrogen) atoms. The first kappa shape index (κ1) is 12.1. The van der Waals surface area contributed by atoms with Gasteiger partial charge < -0.3 is 11.1 Å². The van der Waals surface area contributed by atoms with Gasteiger partial charge in [0.25, 0.3) is 5.91 Å². The summed E-state index contributed by atoms with van der Waals surface area (Å²) >= 11 is 6.19. The molecular formula is C9H13N3OS2. The third kappa shape index (κ3) is 3.24. The van der Waals surface area contributed by atoms with Crippen LogP contribution in [0.5, 0.6) is 0 Å². The normalized spacial score (nSPS) is 12.1. The fraction of sp³-hybridized carbons (Fsp3) is 0.444. The highest BCUT2D eigenvalue weighted by Crippen LogP contribution is 2.11. The first-order valence-corrected chi connectivity index (χ1v) is 5.79. The molecule has 6 heteroatoms. The SMILES string of the molecule is CCC(NC(=O)c1cnc(C)s1)C(N)=S. The van der Waals surface area contributed by atoms with Gasteiger partial charge >= 0.3 is 0 Å². The molecule has 1 rings (SSSR count). The van der Waals surface area contributed by atoms with E-state index in [1.54, 1.807) is 6.20 Å². The number of carbonyl (C=O) groups excluding carboxylic acids is 1. The van der Waals surface area contributed by atoms with Crippen molar-refractivity contribution in [1.82, 2.24) is 10.3 Å². The van der Waals surface area contributed by atoms with E-state index in [4.69, 9.17) is 18.0 Å². The number of nitrogens with two attached hydrogens (primary N) is 1. The molecule has 1 atom stereocenters. The Morgan fingerprint density at radius 2 is 2.47 bits per heavy atom. The Hall–Kier alpha value is -1.01. The predicted molar refractivity (Wildman–Crippen MR) is 65.2 cm³/mol. The summed E-state index contributed by atoms with van der Waals surface area (Å²) in [6.45, 7) is 3.77. The molecule has 3 N–H and O–H groups in total. The lowest BCUT2D eigenvalue weighted by atomic mass is 10.2. The zero-order valence-corrected chi connectivity index (χ0v) is 10.2. The van der Waals surface area contributed by atoms with Crippen LogP contribution in [0.3, 0.4) is 0 Å². The number of thiazole rings is 1. The molecule has 1 aromatic heterocycles. The Morgan fingerprint density at radius 1 is 1.80 bits per heavy atom. The fourth-order valence-electron chi connectivity index (χ4n) is 1.07. The van der Waals surface area contributed by atoms with Gasteiger partial charge in [0.05, 0.1) is 22.2 Å². The summed E-state index contributed by atoms with van der Waals surface area (Å²) in [7, 11) is 0. The summed E-state index contributed by atoms with van der Waals surface area (Å²) in [5.41, 5.74) is 5.48. The van der Waals surface area contributed by atoms with Gasteiger partial charge in [-0.1, -0.05) is 19.1 Å². The zero-order chi connectivity index (χ0) is 11.4. The standard InChI is InChI=1S/C9H13N3OS2/c1-3-6(8(10)14)12-9(13)7-4-11-5(2)15-7/h4,6H,3H2,1-2H3,(H2,10,14)(H,12,13). The van der Waals surface area contributed by atoms with E-state index in [-0.39, 0.29) is 11.9 Å². The summed E-state index contributed by atoms with van der Waals surface area (Å²) in [6.07, 6.45) is 2.25. The first-order valence-electron chi connectivity index (χ1n) is 4.57. The molecule has 4 nitrogen and oxygen atoms in total.